The second-order valence-corrected chi connectivity index (χ2v) is 5.20. The second-order valence-electron chi connectivity index (χ2n) is 4.82. The fourth-order valence-corrected chi connectivity index (χ4v) is 2.27. The van der Waals surface area contributed by atoms with Crippen LogP contribution in [0.25, 0.3) is 11.2 Å². The molecule has 2 aromatic heterocycles. The molecule has 1 saturated heterocycles. The molecule has 5 nitrogen and oxygen atoms in total. The van der Waals surface area contributed by atoms with Crippen LogP contribution in [0.3, 0.4) is 0 Å². The lowest BCUT2D eigenvalue weighted by Gasteiger charge is -2.21. The number of halogens is 1. The van der Waals surface area contributed by atoms with E-state index in [1.54, 1.807) is 6.20 Å². The Morgan fingerprint density at radius 2 is 2.41 bits per heavy atom. The van der Waals surface area contributed by atoms with Crippen molar-refractivity contribution in [3.05, 3.63) is 17.5 Å². The third-order valence-corrected chi connectivity index (χ3v) is 3.33. The van der Waals surface area contributed by atoms with Gasteiger partial charge in [0, 0.05) is 12.0 Å². The molecule has 6 heteroatoms. The van der Waals surface area contributed by atoms with Crippen LogP contribution in [-0.4, -0.2) is 33.0 Å². The predicted octanol–water partition coefficient (Wildman–Crippen LogP) is 1.91. The first-order chi connectivity index (χ1) is 8.16. The number of rotatable bonds is 2. The van der Waals surface area contributed by atoms with E-state index in [0.29, 0.717) is 5.15 Å². The first-order valence-electron chi connectivity index (χ1n) is 5.58. The molecular formula is C11H13ClN4O. The standard InChI is InChI=1S/C11H13ClN4O/c1-11(2-3-17-7-11)6-16-10-8(4-14-16)13-5-9(12)15-10/h4-5H,2-3,6-7H2,1H3. The van der Waals surface area contributed by atoms with Crippen LogP contribution >= 0.6 is 11.6 Å². The molecule has 0 aromatic carbocycles. The Bertz CT molecular complexity index is 547. The Hall–Kier alpha value is -1.20. The van der Waals surface area contributed by atoms with Crippen molar-refractivity contribution in [3.63, 3.8) is 0 Å². The lowest BCUT2D eigenvalue weighted by atomic mass is 9.90. The summed E-state index contributed by atoms with van der Waals surface area (Å²) in [6.07, 6.45) is 4.30. The first kappa shape index (κ1) is 10.9. The SMILES string of the molecule is CC1(Cn2ncc3ncc(Cl)nc32)CCOC1. The molecule has 0 bridgehead atoms. The van der Waals surface area contributed by atoms with Crippen molar-refractivity contribution in [2.45, 2.75) is 19.9 Å². The smallest absolute Gasteiger partial charge is 0.178 e. The van der Waals surface area contributed by atoms with E-state index < -0.39 is 0 Å². The van der Waals surface area contributed by atoms with E-state index in [-0.39, 0.29) is 5.41 Å². The van der Waals surface area contributed by atoms with Crippen molar-refractivity contribution >= 4 is 22.8 Å². The maximum atomic E-state index is 5.86. The zero-order valence-electron chi connectivity index (χ0n) is 9.56. The third-order valence-electron chi connectivity index (χ3n) is 3.15. The summed E-state index contributed by atoms with van der Waals surface area (Å²) in [5.41, 5.74) is 1.64. The summed E-state index contributed by atoms with van der Waals surface area (Å²) < 4.78 is 7.31. The number of hydrogen-bond acceptors (Lipinski definition) is 4. The fourth-order valence-electron chi connectivity index (χ4n) is 2.14. The second kappa shape index (κ2) is 3.92. The van der Waals surface area contributed by atoms with Crippen LogP contribution in [-0.2, 0) is 11.3 Å². The first-order valence-corrected chi connectivity index (χ1v) is 5.96. The summed E-state index contributed by atoms with van der Waals surface area (Å²) in [4.78, 5) is 8.46. The molecule has 90 valence electrons. The van der Waals surface area contributed by atoms with Gasteiger partial charge in [-0.2, -0.15) is 5.10 Å². The normalized spacial score (nSPS) is 24.6. The maximum absolute atomic E-state index is 5.86. The van der Waals surface area contributed by atoms with Crippen LogP contribution in [0.5, 0.6) is 0 Å². The maximum Gasteiger partial charge on any atom is 0.178 e. The van der Waals surface area contributed by atoms with Crippen molar-refractivity contribution in [2.24, 2.45) is 5.41 Å². The van der Waals surface area contributed by atoms with Crippen LogP contribution in [0.15, 0.2) is 12.4 Å². The minimum absolute atomic E-state index is 0.128. The average Bonchev–Trinajstić information content (AvgIpc) is 2.87. The number of nitrogens with zero attached hydrogens (tertiary/aromatic N) is 4. The Morgan fingerprint density at radius 3 is 3.18 bits per heavy atom. The molecule has 1 aliphatic heterocycles. The number of hydrogen-bond donors (Lipinski definition) is 0. The molecule has 1 atom stereocenters. The largest absolute Gasteiger partial charge is 0.381 e. The van der Waals surface area contributed by atoms with E-state index >= 15 is 0 Å². The summed E-state index contributed by atoms with van der Waals surface area (Å²) in [6, 6.07) is 0. The highest BCUT2D eigenvalue weighted by Crippen LogP contribution is 2.30. The van der Waals surface area contributed by atoms with E-state index in [2.05, 4.69) is 22.0 Å². The zero-order valence-corrected chi connectivity index (χ0v) is 10.3. The average molecular weight is 253 g/mol. The van der Waals surface area contributed by atoms with Crippen molar-refractivity contribution in [1.82, 2.24) is 19.7 Å². The van der Waals surface area contributed by atoms with Gasteiger partial charge in [-0.3, -0.25) is 0 Å². The Kier molecular flexibility index (Phi) is 2.52. The van der Waals surface area contributed by atoms with Gasteiger partial charge in [0.15, 0.2) is 5.65 Å². The lowest BCUT2D eigenvalue weighted by Crippen LogP contribution is -2.24. The van der Waals surface area contributed by atoms with Gasteiger partial charge in [-0.1, -0.05) is 18.5 Å². The lowest BCUT2D eigenvalue weighted by molar-refractivity contribution is 0.148. The molecular weight excluding hydrogens is 240 g/mol. The number of fused-ring (bicyclic) bond motifs is 1. The highest BCUT2D eigenvalue weighted by molar-refractivity contribution is 6.29. The molecule has 0 aliphatic carbocycles. The topological polar surface area (TPSA) is 52.8 Å². The van der Waals surface area contributed by atoms with Crippen LogP contribution in [0, 0.1) is 5.41 Å². The van der Waals surface area contributed by atoms with Gasteiger partial charge in [0.05, 0.1) is 25.5 Å². The summed E-state index contributed by atoms with van der Waals surface area (Å²) >= 11 is 5.86. The molecule has 0 N–H and O–H groups in total. The van der Waals surface area contributed by atoms with Gasteiger partial charge in [0.25, 0.3) is 0 Å². The van der Waals surface area contributed by atoms with Crippen molar-refractivity contribution in [3.8, 4) is 0 Å². The monoisotopic (exact) mass is 252 g/mol. The molecule has 0 radical (unpaired) electrons. The molecule has 1 aliphatic rings. The van der Waals surface area contributed by atoms with Crippen LogP contribution < -0.4 is 0 Å². The van der Waals surface area contributed by atoms with E-state index in [0.717, 1.165) is 37.3 Å². The molecule has 3 rings (SSSR count). The van der Waals surface area contributed by atoms with Gasteiger partial charge < -0.3 is 4.74 Å². The summed E-state index contributed by atoms with van der Waals surface area (Å²) in [6.45, 7) is 4.57. The highest BCUT2D eigenvalue weighted by atomic mass is 35.5. The summed E-state index contributed by atoms with van der Waals surface area (Å²) in [5, 5.41) is 4.72. The molecule has 2 aromatic rings. The van der Waals surface area contributed by atoms with Crippen LogP contribution in [0.1, 0.15) is 13.3 Å². The number of ether oxygens (including phenoxy) is 1. The highest BCUT2D eigenvalue weighted by Gasteiger charge is 2.31. The van der Waals surface area contributed by atoms with Crippen LogP contribution in [0.4, 0.5) is 0 Å². The fraction of sp³-hybridized carbons (Fsp3) is 0.545. The summed E-state index contributed by atoms with van der Waals surface area (Å²) in [7, 11) is 0. The molecule has 1 unspecified atom stereocenters. The zero-order chi connectivity index (χ0) is 11.9. The number of aromatic nitrogens is 4. The van der Waals surface area contributed by atoms with Gasteiger partial charge >= 0.3 is 0 Å². The molecule has 0 amide bonds. The van der Waals surface area contributed by atoms with Crippen molar-refractivity contribution in [2.75, 3.05) is 13.2 Å². The minimum atomic E-state index is 0.128. The molecule has 3 heterocycles. The summed E-state index contributed by atoms with van der Waals surface area (Å²) in [5.74, 6) is 0. The van der Waals surface area contributed by atoms with E-state index in [1.807, 2.05) is 4.68 Å². The quantitative estimate of drug-likeness (QED) is 0.819. The van der Waals surface area contributed by atoms with Crippen molar-refractivity contribution in [1.29, 1.82) is 0 Å². The van der Waals surface area contributed by atoms with E-state index in [9.17, 15) is 0 Å². The Labute approximate surface area is 104 Å². The molecule has 17 heavy (non-hydrogen) atoms. The van der Waals surface area contributed by atoms with Gasteiger partial charge in [-0.25, -0.2) is 14.6 Å². The Morgan fingerprint density at radius 1 is 1.53 bits per heavy atom. The third kappa shape index (κ3) is 2.00. The minimum Gasteiger partial charge on any atom is -0.381 e. The Balaban J connectivity index is 1.97. The predicted molar refractivity (Wildman–Crippen MR) is 63.9 cm³/mol. The molecule has 0 spiro atoms. The van der Waals surface area contributed by atoms with Gasteiger partial charge in [0.1, 0.15) is 10.7 Å². The molecule has 1 fully saturated rings. The molecule has 0 saturated carbocycles. The van der Waals surface area contributed by atoms with Crippen LogP contribution in [0.2, 0.25) is 5.15 Å². The van der Waals surface area contributed by atoms with Gasteiger partial charge in [-0.05, 0) is 6.42 Å². The van der Waals surface area contributed by atoms with Crippen molar-refractivity contribution < 1.29 is 4.74 Å². The van der Waals surface area contributed by atoms with E-state index in [4.69, 9.17) is 16.3 Å². The van der Waals surface area contributed by atoms with Gasteiger partial charge in [-0.15, -0.1) is 0 Å². The van der Waals surface area contributed by atoms with Gasteiger partial charge in [0.2, 0.25) is 0 Å². The van der Waals surface area contributed by atoms with E-state index in [1.165, 1.54) is 6.20 Å².